The van der Waals surface area contributed by atoms with Crippen molar-refractivity contribution in [3.05, 3.63) is 58.8 Å². The van der Waals surface area contributed by atoms with E-state index >= 15 is 0 Å². The van der Waals surface area contributed by atoms with Crippen LogP contribution in [0.25, 0.3) is 0 Å². The highest BCUT2D eigenvalue weighted by Gasteiger charge is 2.14. The van der Waals surface area contributed by atoms with Gasteiger partial charge in [-0.25, -0.2) is 4.39 Å². The van der Waals surface area contributed by atoms with Crippen molar-refractivity contribution in [2.45, 2.75) is 13.8 Å². The number of carbonyl (C=O) groups is 1. The number of halogens is 1. The monoisotopic (exact) mass is 218 g/mol. The fourth-order valence-electron chi connectivity index (χ4n) is 1.63. The zero-order chi connectivity index (χ0) is 11.7. The van der Waals surface area contributed by atoms with Gasteiger partial charge in [-0.2, -0.15) is 0 Å². The first-order chi connectivity index (χ1) is 7.59. The van der Waals surface area contributed by atoms with Gasteiger partial charge in [-0.1, -0.05) is 0 Å². The Labute approximate surface area is 92.7 Å². The average molecular weight is 218 g/mol. The zero-order valence-corrected chi connectivity index (χ0v) is 9.08. The molecule has 0 aliphatic rings. The molecule has 0 atom stereocenters. The van der Waals surface area contributed by atoms with Crippen LogP contribution in [0.15, 0.2) is 34.9 Å². The molecule has 0 aliphatic heterocycles. The fourth-order valence-corrected chi connectivity index (χ4v) is 1.63. The summed E-state index contributed by atoms with van der Waals surface area (Å²) in [5.41, 5.74) is 1.39. The van der Waals surface area contributed by atoms with Crippen molar-refractivity contribution in [3.8, 4) is 0 Å². The molecule has 0 bridgehead atoms. The minimum atomic E-state index is -0.268. The molecule has 0 fully saturated rings. The molecule has 0 unspecified atom stereocenters. The SMILES string of the molecule is Cc1cc(C(=O)c2ccco2)cc(C)c1F. The summed E-state index contributed by atoms with van der Waals surface area (Å²) in [7, 11) is 0. The maximum Gasteiger partial charge on any atom is 0.228 e. The number of furan rings is 1. The van der Waals surface area contributed by atoms with E-state index in [4.69, 9.17) is 4.42 Å². The molecular formula is C13H11FO2. The lowest BCUT2D eigenvalue weighted by molar-refractivity contribution is 0.101. The van der Waals surface area contributed by atoms with Gasteiger partial charge in [0.1, 0.15) is 5.82 Å². The number of aryl methyl sites for hydroxylation is 2. The van der Waals surface area contributed by atoms with Crippen molar-refractivity contribution < 1.29 is 13.6 Å². The van der Waals surface area contributed by atoms with E-state index in [2.05, 4.69) is 0 Å². The van der Waals surface area contributed by atoms with E-state index in [1.165, 1.54) is 18.4 Å². The first kappa shape index (κ1) is 10.6. The van der Waals surface area contributed by atoms with Crippen LogP contribution in [0.5, 0.6) is 0 Å². The van der Waals surface area contributed by atoms with Crippen LogP contribution >= 0.6 is 0 Å². The lowest BCUT2D eigenvalue weighted by Gasteiger charge is -2.04. The second-order valence-electron chi connectivity index (χ2n) is 3.73. The molecule has 82 valence electrons. The van der Waals surface area contributed by atoms with Crippen molar-refractivity contribution in [1.29, 1.82) is 0 Å². The van der Waals surface area contributed by atoms with E-state index in [0.717, 1.165) is 0 Å². The quantitative estimate of drug-likeness (QED) is 0.724. The van der Waals surface area contributed by atoms with Crippen LogP contribution in [0, 0.1) is 19.7 Å². The van der Waals surface area contributed by atoms with Gasteiger partial charge < -0.3 is 4.42 Å². The summed E-state index contributed by atoms with van der Waals surface area (Å²) < 4.78 is 18.4. The predicted octanol–water partition coefficient (Wildman–Crippen LogP) is 3.27. The van der Waals surface area contributed by atoms with Crippen molar-refractivity contribution >= 4 is 5.78 Å². The van der Waals surface area contributed by atoms with Crippen molar-refractivity contribution in [2.75, 3.05) is 0 Å². The van der Waals surface area contributed by atoms with Crippen LogP contribution in [-0.4, -0.2) is 5.78 Å². The Balaban J connectivity index is 2.46. The van der Waals surface area contributed by atoms with E-state index in [1.54, 1.807) is 26.0 Å². The van der Waals surface area contributed by atoms with E-state index in [1.807, 2.05) is 0 Å². The largest absolute Gasteiger partial charge is 0.461 e. The van der Waals surface area contributed by atoms with Gasteiger partial charge >= 0.3 is 0 Å². The van der Waals surface area contributed by atoms with E-state index in [0.29, 0.717) is 16.7 Å². The molecule has 3 heteroatoms. The molecule has 1 aromatic heterocycles. The summed E-state index contributed by atoms with van der Waals surface area (Å²) in [5, 5.41) is 0. The molecule has 2 nitrogen and oxygen atoms in total. The minimum absolute atomic E-state index is 0.226. The molecule has 0 aliphatic carbocycles. The van der Waals surface area contributed by atoms with Gasteiger partial charge in [0.25, 0.3) is 0 Å². The topological polar surface area (TPSA) is 30.2 Å². The Bertz CT molecular complexity index is 504. The molecule has 0 spiro atoms. The van der Waals surface area contributed by atoms with Gasteiger partial charge in [0.2, 0.25) is 5.78 Å². The number of hydrogen-bond acceptors (Lipinski definition) is 2. The average Bonchev–Trinajstić information content (AvgIpc) is 2.77. The van der Waals surface area contributed by atoms with Crippen LogP contribution in [0.2, 0.25) is 0 Å². The van der Waals surface area contributed by atoms with E-state index in [-0.39, 0.29) is 17.4 Å². The van der Waals surface area contributed by atoms with E-state index in [9.17, 15) is 9.18 Å². The summed E-state index contributed by atoms with van der Waals surface area (Å²) in [6.07, 6.45) is 1.44. The van der Waals surface area contributed by atoms with Crippen LogP contribution in [-0.2, 0) is 0 Å². The third kappa shape index (κ3) is 1.76. The number of benzene rings is 1. The number of hydrogen-bond donors (Lipinski definition) is 0. The number of rotatable bonds is 2. The van der Waals surface area contributed by atoms with Gasteiger partial charge in [-0.15, -0.1) is 0 Å². The predicted molar refractivity (Wildman–Crippen MR) is 58.0 cm³/mol. The molecule has 0 amide bonds. The zero-order valence-electron chi connectivity index (χ0n) is 9.08. The molecule has 0 saturated carbocycles. The summed E-state index contributed by atoms with van der Waals surface area (Å²) in [6, 6.07) is 6.31. The van der Waals surface area contributed by atoms with Gasteiger partial charge in [0.15, 0.2) is 5.76 Å². The normalized spacial score (nSPS) is 10.4. The molecule has 0 N–H and O–H groups in total. The van der Waals surface area contributed by atoms with Crippen molar-refractivity contribution in [2.24, 2.45) is 0 Å². The van der Waals surface area contributed by atoms with Crippen molar-refractivity contribution in [3.63, 3.8) is 0 Å². The van der Waals surface area contributed by atoms with Crippen LogP contribution in [0.4, 0.5) is 4.39 Å². The smallest absolute Gasteiger partial charge is 0.228 e. The summed E-state index contributed by atoms with van der Waals surface area (Å²) in [5.74, 6) is -0.224. The Morgan fingerprint density at radius 3 is 2.38 bits per heavy atom. The molecule has 2 rings (SSSR count). The first-order valence-electron chi connectivity index (χ1n) is 4.94. The Hall–Kier alpha value is -1.90. The lowest BCUT2D eigenvalue weighted by Crippen LogP contribution is -2.02. The van der Waals surface area contributed by atoms with E-state index < -0.39 is 0 Å². The Kier molecular flexibility index (Phi) is 2.60. The Morgan fingerprint density at radius 2 is 1.88 bits per heavy atom. The van der Waals surface area contributed by atoms with Crippen LogP contribution in [0.3, 0.4) is 0 Å². The standard InChI is InChI=1S/C13H11FO2/c1-8-6-10(7-9(2)12(8)14)13(15)11-4-3-5-16-11/h3-7H,1-2H3. The second-order valence-corrected chi connectivity index (χ2v) is 3.73. The molecular weight excluding hydrogens is 207 g/mol. The molecule has 2 aromatic rings. The highest BCUT2D eigenvalue weighted by Crippen LogP contribution is 2.17. The van der Waals surface area contributed by atoms with Crippen LogP contribution < -0.4 is 0 Å². The summed E-state index contributed by atoms with van der Waals surface area (Å²) in [4.78, 5) is 11.9. The number of carbonyl (C=O) groups excluding carboxylic acids is 1. The maximum absolute atomic E-state index is 13.4. The first-order valence-corrected chi connectivity index (χ1v) is 4.94. The molecule has 1 heterocycles. The fraction of sp³-hybridized carbons (Fsp3) is 0.154. The third-order valence-corrected chi connectivity index (χ3v) is 2.44. The molecule has 0 saturated heterocycles. The van der Waals surface area contributed by atoms with Gasteiger partial charge in [-0.05, 0) is 49.2 Å². The summed E-state index contributed by atoms with van der Waals surface area (Å²) >= 11 is 0. The van der Waals surface area contributed by atoms with Crippen molar-refractivity contribution in [1.82, 2.24) is 0 Å². The maximum atomic E-state index is 13.4. The highest BCUT2D eigenvalue weighted by molar-refractivity contribution is 6.07. The van der Waals surface area contributed by atoms with Crippen LogP contribution in [0.1, 0.15) is 27.2 Å². The molecule has 1 aromatic carbocycles. The summed E-state index contributed by atoms with van der Waals surface area (Å²) in [6.45, 7) is 3.28. The molecule has 16 heavy (non-hydrogen) atoms. The van der Waals surface area contributed by atoms with Gasteiger partial charge in [0.05, 0.1) is 6.26 Å². The van der Waals surface area contributed by atoms with Gasteiger partial charge in [-0.3, -0.25) is 4.79 Å². The number of ketones is 1. The lowest BCUT2D eigenvalue weighted by atomic mass is 10.0. The molecule has 0 radical (unpaired) electrons. The second kappa shape index (κ2) is 3.93. The van der Waals surface area contributed by atoms with Gasteiger partial charge in [0, 0.05) is 5.56 Å². The third-order valence-electron chi connectivity index (χ3n) is 2.44. The minimum Gasteiger partial charge on any atom is -0.461 e. The highest BCUT2D eigenvalue weighted by atomic mass is 19.1. The Morgan fingerprint density at radius 1 is 1.25 bits per heavy atom.